The normalized spacial score (nSPS) is 10.9. The smallest absolute Gasteiger partial charge is 0.167 e. The van der Waals surface area contributed by atoms with Gasteiger partial charge in [0.05, 0.1) is 30.3 Å². The molecule has 0 aliphatic heterocycles. The van der Waals surface area contributed by atoms with Crippen LogP contribution in [-0.2, 0) is 6.54 Å². The van der Waals surface area contributed by atoms with Crippen LogP contribution < -0.4 is 15.4 Å². The van der Waals surface area contributed by atoms with Gasteiger partial charge in [-0.3, -0.25) is 0 Å². The van der Waals surface area contributed by atoms with Gasteiger partial charge in [-0.1, -0.05) is 0 Å². The maximum absolute atomic E-state index is 13.9. The van der Waals surface area contributed by atoms with E-state index in [0.29, 0.717) is 12.2 Å². The van der Waals surface area contributed by atoms with Gasteiger partial charge in [0.15, 0.2) is 11.6 Å². The molecule has 0 aliphatic carbocycles. The van der Waals surface area contributed by atoms with Crippen molar-refractivity contribution in [3.63, 3.8) is 0 Å². The van der Waals surface area contributed by atoms with Gasteiger partial charge in [-0.05, 0) is 32.9 Å². The van der Waals surface area contributed by atoms with Gasteiger partial charge < -0.3 is 19.8 Å². The summed E-state index contributed by atoms with van der Waals surface area (Å²) in [5.74, 6) is 0.595. The number of nitrogens with two attached hydrogens (primary N) is 1. The van der Waals surface area contributed by atoms with Crippen molar-refractivity contribution in [1.29, 1.82) is 0 Å². The van der Waals surface area contributed by atoms with Gasteiger partial charge in [0, 0.05) is 18.7 Å². The Balaban J connectivity index is 2.31. The number of halogens is 1. The quantitative estimate of drug-likeness (QED) is 0.822. The fourth-order valence-corrected chi connectivity index (χ4v) is 2.13. The van der Waals surface area contributed by atoms with E-state index in [0.717, 1.165) is 18.0 Å². The minimum Gasteiger partial charge on any atom is -0.488 e. The Morgan fingerprint density at radius 2 is 2.14 bits per heavy atom. The summed E-state index contributed by atoms with van der Waals surface area (Å²) in [7, 11) is 0. The zero-order valence-electron chi connectivity index (χ0n) is 12.6. The molecule has 0 aliphatic rings. The molecule has 0 spiro atoms. The zero-order valence-corrected chi connectivity index (χ0v) is 12.6. The summed E-state index contributed by atoms with van der Waals surface area (Å²) in [4.78, 5) is 2.01. The molecule has 4 nitrogen and oxygen atoms in total. The Bertz CT molecular complexity index is 582. The highest BCUT2D eigenvalue weighted by atomic mass is 19.1. The third kappa shape index (κ3) is 3.68. The fraction of sp³-hybridized carbons (Fsp3) is 0.375. The van der Waals surface area contributed by atoms with Crippen LogP contribution in [0.5, 0.6) is 5.75 Å². The summed E-state index contributed by atoms with van der Waals surface area (Å²) in [6.45, 7) is 7.01. The van der Waals surface area contributed by atoms with Crippen LogP contribution in [0.3, 0.4) is 0 Å². The van der Waals surface area contributed by atoms with E-state index < -0.39 is 5.82 Å². The number of nitrogens with zero attached hydrogens (tertiary/aromatic N) is 1. The summed E-state index contributed by atoms with van der Waals surface area (Å²) >= 11 is 0. The van der Waals surface area contributed by atoms with E-state index in [1.165, 1.54) is 6.07 Å². The Morgan fingerprint density at radius 3 is 2.71 bits per heavy atom. The Morgan fingerprint density at radius 1 is 1.38 bits per heavy atom. The molecule has 0 unspecified atom stereocenters. The first-order valence-electron chi connectivity index (χ1n) is 7.04. The minimum atomic E-state index is -0.445. The summed E-state index contributed by atoms with van der Waals surface area (Å²) in [6, 6.07) is 6.69. The van der Waals surface area contributed by atoms with Crippen LogP contribution in [0.4, 0.5) is 15.8 Å². The average Bonchev–Trinajstić information content (AvgIpc) is 2.92. The first-order valence-corrected chi connectivity index (χ1v) is 7.04. The molecule has 0 saturated heterocycles. The molecule has 0 fully saturated rings. The van der Waals surface area contributed by atoms with Crippen molar-refractivity contribution in [3.05, 3.63) is 42.1 Å². The van der Waals surface area contributed by atoms with Crippen molar-refractivity contribution in [2.24, 2.45) is 0 Å². The zero-order chi connectivity index (χ0) is 15.4. The molecule has 2 N–H and O–H groups in total. The van der Waals surface area contributed by atoms with E-state index in [4.69, 9.17) is 14.9 Å². The van der Waals surface area contributed by atoms with Gasteiger partial charge in [-0.25, -0.2) is 4.39 Å². The monoisotopic (exact) mass is 292 g/mol. The maximum Gasteiger partial charge on any atom is 0.167 e. The van der Waals surface area contributed by atoms with Crippen LogP contribution in [0.15, 0.2) is 34.9 Å². The van der Waals surface area contributed by atoms with Crippen molar-refractivity contribution >= 4 is 11.4 Å². The molecule has 2 aromatic rings. The molecular weight excluding hydrogens is 271 g/mol. The first kappa shape index (κ1) is 15.2. The van der Waals surface area contributed by atoms with Crippen LogP contribution >= 0.6 is 0 Å². The fourth-order valence-electron chi connectivity index (χ4n) is 2.13. The van der Waals surface area contributed by atoms with Gasteiger partial charge in [-0.15, -0.1) is 0 Å². The van der Waals surface area contributed by atoms with Crippen LogP contribution in [0, 0.1) is 5.82 Å². The van der Waals surface area contributed by atoms with Crippen molar-refractivity contribution in [2.45, 2.75) is 33.4 Å². The lowest BCUT2D eigenvalue weighted by molar-refractivity contribution is 0.231. The largest absolute Gasteiger partial charge is 0.488 e. The van der Waals surface area contributed by atoms with Crippen LogP contribution in [0.25, 0.3) is 0 Å². The molecule has 114 valence electrons. The number of benzene rings is 1. The molecule has 21 heavy (non-hydrogen) atoms. The maximum atomic E-state index is 13.9. The Kier molecular flexibility index (Phi) is 4.73. The molecule has 0 saturated carbocycles. The van der Waals surface area contributed by atoms with Crippen molar-refractivity contribution in [3.8, 4) is 5.75 Å². The Hall–Kier alpha value is -2.17. The summed E-state index contributed by atoms with van der Waals surface area (Å²) in [5, 5.41) is 0. The predicted molar refractivity (Wildman–Crippen MR) is 82.0 cm³/mol. The molecule has 1 aromatic heterocycles. The molecular formula is C16H21FN2O2. The average molecular weight is 292 g/mol. The molecule has 2 rings (SSSR count). The van der Waals surface area contributed by atoms with E-state index in [-0.39, 0.29) is 11.9 Å². The van der Waals surface area contributed by atoms with Crippen LogP contribution in [0.2, 0.25) is 0 Å². The van der Waals surface area contributed by atoms with Gasteiger partial charge in [0.1, 0.15) is 5.76 Å². The number of ether oxygens (including phenoxy) is 1. The SMILES string of the molecule is CCN(Cc1ccco1)c1cc(OC(C)C)c(F)cc1N. The summed E-state index contributed by atoms with van der Waals surface area (Å²) in [6.07, 6.45) is 1.53. The van der Waals surface area contributed by atoms with Crippen LogP contribution in [0.1, 0.15) is 26.5 Å². The van der Waals surface area contributed by atoms with E-state index in [9.17, 15) is 4.39 Å². The molecule has 1 aromatic carbocycles. The van der Waals surface area contributed by atoms with E-state index in [1.807, 2.05) is 37.8 Å². The molecule has 0 atom stereocenters. The second-order valence-electron chi connectivity index (χ2n) is 5.10. The van der Waals surface area contributed by atoms with Gasteiger partial charge in [0.2, 0.25) is 0 Å². The number of hydrogen-bond donors (Lipinski definition) is 1. The lowest BCUT2D eigenvalue weighted by Crippen LogP contribution is -2.23. The highest BCUT2D eigenvalue weighted by molar-refractivity contribution is 5.70. The molecule has 0 amide bonds. The van der Waals surface area contributed by atoms with E-state index >= 15 is 0 Å². The second-order valence-corrected chi connectivity index (χ2v) is 5.10. The number of anilines is 2. The molecule has 0 radical (unpaired) electrons. The van der Waals surface area contributed by atoms with Gasteiger partial charge in [-0.2, -0.15) is 0 Å². The number of nitrogen functional groups attached to an aromatic ring is 1. The summed E-state index contributed by atoms with van der Waals surface area (Å²) < 4.78 is 24.7. The third-order valence-corrected chi connectivity index (χ3v) is 3.09. The van der Waals surface area contributed by atoms with Gasteiger partial charge >= 0.3 is 0 Å². The highest BCUT2D eigenvalue weighted by Gasteiger charge is 2.15. The predicted octanol–water partition coefficient (Wildman–Crippen LogP) is 3.81. The van der Waals surface area contributed by atoms with Crippen molar-refractivity contribution in [2.75, 3.05) is 17.2 Å². The topological polar surface area (TPSA) is 51.6 Å². The van der Waals surface area contributed by atoms with Crippen molar-refractivity contribution in [1.82, 2.24) is 0 Å². The number of furan rings is 1. The molecule has 0 bridgehead atoms. The minimum absolute atomic E-state index is 0.101. The summed E-state index contributed by atoms with van der Waals surface area (Å²) in [5.41, 5.74) is 7.09. The van der Waals surface area contributed by atoms with Crippen molar-refractivity contribution < 1.29 is 13.5 Å². The lowest BCUT2D eigenvalue weighted by atomic mass is 10.2. The van der Waals surface area contributed by atoms with Gasteiger partial charge in [0.25, 0.3) is 0 Å². The van der Waals surface area contributed by atoms with Crippen LogP contribution in [-0.4, -0.2) is 12.6 Å². The van der Waals surface area contributed by atoms with E-state index in [1.54, 1.807) is 12.3 Å². The molecule has 5 heteroatoms. The third-order valence-electron chi connectivity index (χ3n) is 3.09. The number of rotatable bonds is 6. The molecule has 1 heterocycles. The number of hydrogen-bond acceptors (Lipinski definition) is 4. The van der Waals surface area contributed by atoms with E-state index in [2.05, 4.69) is 0 Å². The second kappa shape index (κ2) is 6.52. The first-order chi connectivity index (χ1) is 10.0. The Labute approximate surface area is 124 Å². The lowest BCUT2D eigenvalue weighted by Gasteiger charge is -2.24. The highest BCUT2D eigenvalue weighted by Crippen LogP contribution is 2.32. The standard InChI is InChI=1S/C16H21FN2O2/c1-4-19(10-12-6-5-7-20-12)15-9-16(21-11(2)3)13(17)8-14(15)18/h5-9,11H,4,10,18H2,1-3H3.